The van der Waals surface area contributed by atoms with E-state index in [0.717, 1.165) is 5.56 Å². The molecule has 0 unspecified atom stereocenters. The molecule has 122 valence electrons. The van der Waals surface area contributed by atoms with E-state index in [1.54, 1.807) is 36.4 Å². The van der Waals surface area contributed by atoms with E-state index >= 15 is 0 Å². The summed E-state index contributed by atoms with van der Waals surface area (Å²) in [5, 5.41) is 11.9. The second-order valence-electron chi connectivity index (χ2n) is 6.88. The van der Waals surface area contributed by atoms with E-state index in [-0.39, 0.29) is 11.3 Å². The van der Waals surface area contributed by atoms with Crippen LogP contribution < -0.4 is 5.32 Å². The Labute approximate surface area is 143 Å². The summed E-state index contributed by atoms with van der Waals surface area (Å²) in [6.45, 7) is 8.55. The minimum absolute atomic E-state index is 0.112. The van der Waals surface area contributed by atoms with Crippen molar-refractivity contribution in [3.05, 3.63) is 71.3 Å². The fourth-order valence-corrected chi connectivity index (χ4v) is 2.50. The fourth-order valence-electron chi connectivity index (χ4n) is 2.50. The lowest BCUT2D eigenvalue weighted by Crippen LogP contribution is -2.12. The summed E-state index contributed by atoms with van der Waals surface area (Å²) >= 11 is 0. The third-order valence-electron chi connectivity index (χ3n) is 3.55. The van der Waals surface area contributed by atoms with Gasteiger partial charge in [0, 0.05) is 5.56 Å². The van der Waals surface area contributed by atoms with Crippen molar-refractivity contribution >= 4 is 17.2 Å². The fraction of sp³-hybridized carbons (Fsp3) is 0.238. The van der Waals surface area contributed by atoms with Gasteiger partial charge < -0.3 is 5.32 Å². The predicted molar refractivity (Wildman–Crippen MR) is 98.7 cm³/mol. The van der Waals surface area contributed by atoms with Gasteiger partial charge in [0.25, 0.3) is 5.91 Å². The third-order valence-corrected chi connectivity index (χ3v) is 3.55. The minimum Gasteiger partial charge on any atom is -0.321 e. The SMILES string of the molecule is CC(=CC(C)(C)C)c1ccc(C(=O)Nc2ccccc2C#N)cc1. The molecule has 0 atom stereocenters. The molecule has 0 aliphatic heterocycles. The molecule has 24 heavy (non-hydrogen) atoms. The number of nitriles is 1. The molecule has 0 spiro atoms. The van der Waals surface area contributed by atoms with Crippen LogP contribution in [0.25, 0.3) is 5.57 Å². The summed E-state index contributed by atoms with van der Waals surface area (Å²) in [5.41, 5.74) is 3.93. The van der Waals surface area contributed by atoms with Crippen molar-refractivity contribution in [1.29, 1.82) is 5.26 Å². The molecule has 1 N–H and O–H groups in total. The molecule has 2 aromatic rings. The van der Waals surface area contributed by atoms with Gasteiger partial charge >= 0.3 is 0 Å². The third kappa shape index (κ3) is 4.57. The van der Waals surface area contributed by atoms with Crippen molar-refractivity contribution in [3.8, 4) is 6.07 Å². The van der Waals surface area contributed by atoms with Gasteiger partial charge in [-0.3, -0.25) is 4.79 Å². The molecule has 0 aliphatic rings. The number of para-hydroxylation sites is 1. The number of carbonyl (C=O) groups is 1. The zero-order valence-corrected chi connectivity index (χ0v) is 14.6. The van der Waals surface area contributed by atoms with E-state index in [2.05, 4.69) is 45.2 Å². The highest BCUT2D eigenvalue weighted by atomic mass is 16.1. The summed E-state index contributed by atoms with van der Waals surface area (Å²) in [4.78, 5) is 12.4. The molecule has 0 saturated heterocycles. The lowest BCUT2D eigenvalue weighted by molar-refractivity contribution is 0.102. The summed E-state index contributed by atoms with van der Waals surface area (Å²) in [6.07, 6.45) is 2.21. The van der Waals surface area contributed by atoms with Crippen molar-refractivity contribution in [2.45, 2.75) is 27.7 Å². The van der Waals surface area contributed by atoms with Crippen LogP contribution in [0.15, 0.2) is 54.6 Å². The smallest absolute Gasteiger partial charge is 0.255 e. The monoisotopic (exact) mass is 318 g/mol. The number of rotatable bonds is 3. The first-order valence-corrected chi connectivity index (χ1v) is 7.90. The van der Waals surface area contributed by atoms with Gasteiger partial charge in [0.1, 0.15) is 6.07 Å². The van der Waals surface area contributed by atoms with E-state index in [1.165, 1.54) is 5.57 Å². The average Bonchev–Trinajstić information content (AvgIpc) is 2.54. The largest absolute Gasteiger partial charge is 0.321 e. The molecule has 0 heterocycles. The van der Waals surface area contributed by atoms with E-state index in [0.29, 0.717) is 16.8 Å². The van der Waals surface area contributed by atoms with Crippen molar-refractivity contribution in [2.75, 3.05) is 5.32 Å². The summed E-state index contributed by atoms with van der Waals surface area (Å²) in [5.74, 6) is -0.221. The maximum Gasteiger partial charge on any atom is 0.255 e. The predicted octanol–water partition coefficient (Wildman–Crippen LogP) is 5.26. The van der Waals surface area contributed by atoms with E-state index in [9.17, 15) is 4.79 Å². The lowest BCUT2D eigenvalue weighted by atomic mass is 9.91. The zero-order chi connectivity index (χ0) is 17.7. The van der Waals surface area contributed by atoms with Crippen LogP contribution in [0, 0.1) is 16.7 Å². The molecule has 0 aliphatic carbocycles. The highest BCUT2D eigenvalue weighted by molar-refractivity contribution is 6.05. The topological polar surface area (TPSA) is 52.9 Å². The number of nitrogens with one attached hydrogen (secondary N) is 1. The van der Waals surface area contributed by atoms with Crippen LogP contribution >= 0.6 is 0 Å². The molecule has 2 rings (SSSR count). The first-order valence-electron chi connectivity index (χ1n) is 7.90. The summed E-state index contributed by atoms with van der Waals surface area (Å²) < 4.78 is 0. The molecule has 0 radical (unpaired) electrons. The summed E-state index contributed by atoms with van der Waals surface area (Å²) in [6, 6.07) is 16.5. The summed E-state index contributed by atoms with van der Waals surface area (Å²) in [7, 11) is 0. The maximum atomic E-state index is 12.4. The molecule has 0 aromatic heterocycles. The van der Waals surface area contributed by atoms with Crippen LogP contribution in [-0.2, 0) is 0 Å². The molecule has 2 aromatic carbocycles. The number of anilines is 1. The Morgan fingerprint density at radius 2 is 1.62 bits per heavy atom. The standard InChI is InChI=1S/C21H22N2O/c1-15(13-21(2,3)4)16-9-11-17(12-10-16)20(24)23-19-8-6-5-7-18(19)14-22/h5-13H,1-4H3,(H,23,24). The van der Waals surface area contributed by atoms with Gasteiger partial charge in [0.05, 0.1) is 11.3 Å². The number of hydrogen-bond donors (Lipinski definition) is 1. The highest BCUT2D eigenvalue weighted by Crippen LogP contribution is 2.24. The molecule has 3 nitrogen and oxygen atoms in total. The van der Waals surface area contributed by atoms with Crippen molar-refractivity contribution < 1.29 is 4.79 Å². The Morgan fingerprint density at radius 1 is 1.04 bits per heavy atom. The number of benzene rings is 2. The van der Waals surface area contributed by atoms with Gasteiger partial charge in [-0.15, -0.1) is 0 Å². The van der Waals surface area contributed by atoms with Gasteiger partial charge in [0.15, 0.2) is 0 Å². The van der Waals surface area contributed by atoms with Gasteiger partial charge in [-0.25, -0.2) is 0 Å². The van der Waals surface area contributed by atoms with Crippen LogP contribution in [0.3, 0.4) is 0 Å². The lowest BCUT2D eigenvalue weighted by Gasteiger charge is -2.14. The van der Waals surface area contributed by atoms with E-state index in [1.807, 2.05) is 12.1 Å². The minimum atomic E-state index is -0.221. The highest BCUT2D eigenvalue weighted by Gasteiger charge is 2.10. The van der Waals surface area contributed by atoms with Crippen LogP contribution in [0.5, 0.6) is 0 Å². The Kier molecular flexibility index (Phi) is 5.21. The number of amides is 1. The quantitative estimate of drug-likeness (QED) is 0.839. The molecule has 0 fully saturated rings. The first-order chi connectivity index (χ1) is 11.3. The van der Waals surface area contributed by atoms with E-state index < -0.39 is 0 Å². The maximum absolute atomic E-state index is 12.4. The van der Waals surface area contributed by atoms with Crippen LogP contribution in [-0.4, -0.2) is 5.91 Å². The molecule has 0 bridgehead atoms. The Balaban J connectivity index is 2.18. The van der Waals surface area contributed by atoms with Crippen LogP contribution in [0.2, 0.25) is 0 Å². The molecule has 1 amide bonds. The van der Waals surface area contributed by atoms with Gasteiger partial charge in [-0.1, -0.05) is 51.1 Å². The van der Waals surface area contributed by atoms with E-state index in [4.69, 9.17) is 5.26 Å². The number of carbonyl (C=O) groups excluding carboxylic acids is 1. The number of hydrogen-bond acceptors (Lipinski definition) is 2. The normalized spacial score (nSPS) is 11.7. The number of nitrogens with zero attached hydrogens (tertiary/aromatic N) is 1. The second kappa shape index (κ2) is 7.14. The van der Waals surface area contributed by atoms with Crippen molar-refractivity contribution in [2.24, 2.45) is 5.41 Å². The Bertz CT molecular complexity index is 803. The van der Waals surface area contributed by atoms with Gasteiger partial charge in [-0.2, -0.15) is 5.26 Å². The van der Waals surface area contributed by atoms with Gasteiger partial charge in [0.2, 0.25) is 0 Å². The molecular formula is C21H22N2O. The Morgan fingerprint density at radius 3 is 2.21 bits per heavy atom. The molecule has 0 saturated carbocycles. The molecular weight excluding hydrogens is 296 g/mol. The van der Waals surface area contributed by atoms with Crippen molar-refractivity contribution in [3.63, 3.8) is 0 Å². The first kappa shape index (κ1) is 17.5. The second-order valence-corrected chi connectivity index (χ2v) is 6.88. The zero-order valence-electron chi connectivity index (χ0n) is 14.6. The van der Waals surface area contributed by atoms with Crippen LogP contribution in [0.1, 0.15) is 49.2 Å². The number of allylic oxidation sites excluding steroid dienone is 2. The Hall–Kier alpha value is -2.86. The van der Waals surface area contributed by atoms with Crippen molar-refractivity contribution in [1.82, 2.24) is 0 Å². The molecule has 3 heteroatoms. The van der Waals surface area contributed by atoms with Crippen LogP contribution in [0.4, 0.5) is 5.69 Å². The average molecular weight is 318 g/mol. The van der Waals surface area contributed by atoms with Gasteiger partial charge in [-0.05, 0) is 47.7 Å².